The van der Waals surface area contributed by atoms with Gasteiger partial charge in [-0.2, -0.15) is 4.39 Å². The molecule has 0 radical (unpaired) electrons. The maximum atomic E-state index is 12.8. The summed E-state index contributed by atoms with van der Waals surface area (Å²) in [6, 6.07) is 4.69. The number of anilines is 1. The van der Waals surface area contributed by atoms with E-state index in [1.165, 1.54) is 6.07 Å². The smallest absolute Gasteiger partial charge is 0.214 e. The van der Waals surface area contributed by atoms with Crippen LogP contribution >= 0.6 is 0 Å². The van der Waals surface area contributed by atoms with Gasteiger partial charge in [0.25, 0.3) is 0 Å². The molecule has 1 unspecified atom stereocenters. The first kappa shape index (κ1) is 12.9. The van der Waals surface area contributed by atoms with Gasteiger partial charge in [0, 0.05) is 13.2 Å². The number of halogens is 1. The number of nitrogens with zero attached hydrogens (tertiary/aromatic N) is 1. The molecular formula is C12H19FN2O. The summed E-state index contributed by atoms with van der Waals surface area (Å²) in [7, 11) is 0. The van der Waals surface area contributed by atoms with Crippen molar-refractivity contribution in [2.45, 2.75) is 26.2 Å². The van der Waals surface area contributed by atoms with Crippen molar-refractivity contribution in [3.05, 3.63) is 24.1 Å². The second-order valence-electron chi connectivity index (χ2n) is 3.89. The molecule has 0 aliphatic carbocycles. The third-order valence-corrected chi connectivity index (χ3v) is 2.52. The first-order valence-corrected chi connectivity index (χ1v) is 5.73. The van der Waals surface area contributed by atoms with E-state index in [9.17, 15) is 4.39 Å². The van der Waals surface area contributed by atoms with Gasteiger partial charge in [0.05, 0.1) is 0 Å². The van der Waals surface area contributed by atoms with Crippen LogP contribution in [-0.4, -0.2) is 23.2 Å². The number of rotatable bonds is 7. The van der Waals surface area contributed by atoms with Gasteiger partial charge in [-0.1, -0.05) is 19.4 Å². The van der Waals surface area contributed by atoms with Gasteiger partial charge in [-0.25, -0.2) is 4.98 Å². The van der Waals surface area contributed by atoms with E-state index in [1.807, 2.05) is 0 Å². The molecule has 0 fully saturated rings. The summed E-state index contributed by atoms with van der Waals surface area (Å²) in [6.07, 6.45) is 2.92. The maximum absolute atomic E-state index is 12.8. The van der Waals surface area contributed by atoms with Crippen molar-refractivity contribution in [3.63, 3.8) is 0 Å². The summed E-state index contributed by atoms with van der Waals surface area (Å²) >= 11 is 0. The molecule has 1 atom stereocenters. The lowest BCUT2D eigenvalue weighted by Crippen LogP contribution is -2.16. The van der Waals surface area contributed by atoms with Gasteiger partial charge in [0.15, 0.2) is 0 Å². The molecule has 3 nitrogen and oxygen atoms in total. The van der Waals surface area contributed by atoms with E-state index in [0.29, 0.717) is 11.7 Å². The molecule has 2 N–H and O–H groups in total. The molecule has 4 heteroatoms. The predicted molar refractivity (Wildman–Crippen MR) is 62.8 cm³/mol. The Morgan fingerprint density at radius 2 is 2.25 bits per heavy atom. The van der Waals surface area contributed by atoms with E-state index in [4.69, 9.17) is 5.11 Å². The van der Waals surface area contributed by atoms with Gasteiger partial charge < -0.3 is 10.4 Å². The highest BCUT2D eigenvalue weighted by Gasteiger charge is 2.07. The number of pyridine rings is 1. The molecule has 16 heavy (non-hydrogen) atoms. The molecular weight excluding hydrogens is 207 g/mol. The van der Waals surface area contributed by atoms with Crippen LogP contribution in [0, 0.1) is 11.9 Å². The normalized spacial score (nSPS) is 12.4. The molecule has 0 bridgehead atoms. The van der Waals surface area contributed by atoms with Crippen LogP contribution in [-0.2, 0) is 0 Å². The van der Waals surface area contributed by atoms with Gasteiger partial charge in [-0.05, 0) is 30.9 Å². The highest BCUT2D eigenvalue weighted by atomic mass is 19.1. The number of aliphatic hydroxyl groups excluding tert-OH is 1. The van der Waals surface area contributed by atoms with E-state index >= 15 is 0 Å². The Labute approximate surface area is 95.7 Å². The van der Waals surface area contributed by atoms with Crippen molar-refractivity contribution in [3.8, 4) is 0 Å². The number of hydrogen-bond acceptors (Lipinski definition) is 3. The fourth-order valence-electron chi connectivity index (χ4n) is 1.69. The number of nitrogens with one attached hydrogen (secondary N) is 1. The first-order chi connectivity index (χ1) is 7.76. The quantitative estimate of drug-likeness (QED) is 0.702. The summed E-state index contributed by atoms with van der Waals surface area (Å²) in [6.45, 7) is 3.04. The SMILES string of the molecule is CCCC(CCO)CNc1cccc(F)n1. The summed E-state index contributed by atoms with van der Waals surface area (Å²) in [5.74, 6) is 0.498. The Morgan fingerprint density at radius 1 is 1.44 bits per heavy atom. The average molecular weight is 226 g/mol. The fourth-order valence-corrected chi connectivity index (χ4v) is 1.69. The van der Waals surface area contributed by atoms with Gasteiger partial charge in [-0.15, -0.1) is 0 Å². The molecule has 0 aliphatic heterocycles. The van der Waals surface area contributed by atoms with Crippen LogP contribution in [0.5, 0.6) is 0 Å². The van der Waals surface area contributed by atoms with E-state index in [0.717, 1.165) is 25.8 Å². The van der Waals surface area contributed by atoms with E-state index in [1.54, 1.807) is 12.1 Å². The van der Waals surface area contributed by atoms with Crippen LogP contribution in [0.25, 0.3) is 0 Å². The standard InChI is InChI=1S/C12H19FN2O/c1-2-4-10(7-8-16)9-14-12-6-3-5-11(13)15-12/h3,5-6,10,16H,2,4,7-9H2,1H3,(H,14,15). The van der Waals surface area contributed by atoms with Crippen LogP contribution in [0.1, 0.15) is 26.2 Å². The zero-order valence-electron chi connectivity index (χ0n) is 9.62. The van der Waals surface area contributed by atoms with Gasteiger partial charge >= 0.3 is 0 Å². The van der Waals surface area contributed by atoms with Crippen molar-refractivity contribution in [1.82, 2.24) is 4.98 Å². The van der Waals surface area contributed by atoms with Crippen molar-refractivity contribution >= 4 is 5.82 Å². The van der Waals surface area contributed by atoms with Crippen molar-refractivity contribution in [2.75, 3.05) is 18.5 Å². The summed E-state index contributed by atoms with van der Waals surface area (Å²) < 4.78 is 12.8. The minimum atomic E-state index is -0.473. The van der Waals surface area contributed by atoms with Gasteiger partial charge in [0.1, 0.15) is 5.82 Å². The highest BCUT2D eigenvalue weighted by molar-refractivity contribution is 5.33. The zero-order chi connectivity index (χ0) is 11.8. The number of aliphatic hydroxyl groups is 1. The Kier molecular flexibility index (Phi) is 5.78. The third-order valence-electron chi connectivity index (χ3n) is 2.52. The summed E-state index contributed by atoms with van der Waals surface area (Å²) in [4.78, 5) is 3.73. The van der Waals surface area contributed by atoms with Crippen molar-refractivity contribution in [2.24, 2.45) is 5.92 Å². The van der Waals surface area contributed by atoms with Crippen LogP contribution in [0.4, 0.5) is 10.2 Å². The largest absolute Gasteiger partial charge is 0.396 e. The highest BCUT2D eigenvalue weighted by Crippen LogP contribution is 2.12. The Balaban J connectivity index is 2.41. The molecule has 1 aromatic rings. The molecule has 0 aliphatic rings. The molecule has 90 valence electrons. The lowest BCUT2D eigenvalue weighted by atomic mass is 10.0. The third kappa shape index (κ3) is 4.57. The second kappa shape index (κ2) is 7.17. The Bertz CT molecular complexity index is 301. The lowest BCUT2D eigenvalue weighted by Gasteiger charge is -2.15. The lowest BCUT2D eigenvalue weighted by molar-refractivity contribution is 0.255. The first-order valence-electron chi connectivity index (χ1n) is 5.73. The van der Waals surface area contributed by atoms with Crippen LogP contribution in [0.2, 0.25) is 0 Å². The van der Waals surface area contributed by atoms with Crippen LogP contribution in [0.15, 0.2) is 18.2 Å². The number of aromatic nitrogens is 1. The number of hydrogen-bond donors (Lipinski definition) is 2. The predicted octanol–water partition coefficient (Wildman–Crippen LogP) is 2.43. The minimum Gasteiger partial charge on any atom is -0.396 e. The van der Waals surface area contributed by atoms with E-state index < -0.39 is 5.95 Å². The topological polar surface area (TPSA) is 45.1 Å². The van der Waals surface area contributed by atoms with E-state index in [2.05, 4.69) is 17.2 Å². The second-order valence-corrected chi connectivity index (χ2v) is 3.89. The van der Waals surface area contributed by atoms with Crippen molar-refractivity contribution < 1.29 is 9.50 Å². The van der Waals surface area contributed by atoms with E-state index in [-0.39, 0.29) is 6.61 Å². The van der Waals surface area contributed by atoms with Crippen LogP contribution in [0.3, 0.4) is 0 Å². The molecule has 0 aromatic carbocycles. The Hall–Kier alpha value is -1.16. The van der Waals surface area contributed by atoms with Gasteiger partial charge in [0.2, 0.25) is 5.95 Å². The fraction of sp³-hybridized carbons (Fsp3) is 0.583. The van der Waals surface area contributed by atoms with Crippen molar-refractivity contribution in [1.29, 1.82) is 0 Å². The molecule has 1 aromatic heterocycles. The molecule has 1 rings (SSSR count). The summed E-state index contributed by atoms with van der Waals surface area (Å²) in [5, 5.41) is 12.0. The molecule has 0 amide bonds. The maximum Gasteiger partial charge on any atom is 0.214 e. The zero-order valence-corrected chi connectivity index (χ0v) is 9.62. The minimum absolute atomic E-state index is 0.197. The van der Waals surface area contributed by atoms with Crippen LogP contribution < -0.4 is 5.32 Å². The molecule has 0 spiro atoms. The molecule has 0 saturated carbocycles. The molecule has 0 saturated heterocycles. The average Bonchev–Trinajstić information content (AvgIpc) is 2.27. The van der Waals surface area contributed by atoms with Gasteiger partial charge in [-0.3, -0.25) is 0 Å². The Morgan fingerprint density at radius 3 is 2.88 bits per heavy atom. The molecule has 1 heterocycles. The monoisotopic (exact) mass is 226 g/mol. The summed E-state index contributed by atoms with van der Waals surface area (Å²) in [5.41, 5.74) is 0.